The summed E-state index contributed by atoms with van der Waals surface area (Å²) in [6.07, 6.45) is 4.79. The molecule has 0 aliphatic rings. The van der Waals surface area contributed by atoms with Crippen LogP contribution in [0.2, 0.25) is 0 Å². The monoisotopic (exact) mass is 453 g/mol. The molecular formula is C24H23N9O. The highest BCUT2D eigenvalue weighted by Crippen LogP contribution is 2.31. The number of benzene rings is 1. The zero-order valence-corrected chi connectivity index (χ0v) is 18.6. The van der Waals surface area contributed by atoms with Gasteiger partial charge in [0.05, 0.1) is 35.2 Å². The second-order valence-corrected chi connectivity index (χ2v) is 7.57. The van der Waals surface area contributed by atoms with E-state index in [0.29, 0.717) is 36.9 Å². The molecule has 0 saturated heterocycles. The van der Waals surface area contributed by atoms with Gasteiger partial charge in [0, 0.05) is 24.0 Å². The fourth-order valence-electron chi connectivity index (χ4n) is 3.53. The van der Waals surface area contributed by atoms with Crippen LogP contribution in [0.25, 0.3) is 33.7 Å². The molecule has 0 aliphatic carbocycles. The smallest absolute Gasteiger partial charge is 0.232 e. The highest BCUT2D eigenvalue weighted by Gasteiger charge is 2.16. The molecule has 4 heterocycles. The van der Waals surface area contributed by atoms with Gasteiger partial charge in [-0.05, 0) is 37.3 Å². The molecule has 0 radical (unpaired) electrons. The van der Waals surface area contributed by atoms with Crippen LogP contribution < -0.4 is 15.8 Å². The minimum atomic E-state index is 0.381. The topological polar surface area (TPSA) is 140 Å². The standard InChI is InChI=1S/C24H23N9O/c1-15-3-2-4-18(30-15)24-23(32-21(33-24)12-28-20-7-9-26-14-29-20)16-5-6-17-19(11-16)31-22(13-27-17)34-10-8-25/h2-7,9,11,13-14H,8,10,12,25H2,1H3,(H,32,33)(H,26,28,29). The summed E-state index contributed by atoms with van der Waals surface area (Å²) in [6.45, 7) is 3.21. The first-order valence-corrected chi connectivity index (χ1v) is 10.8. The van der Waals surface area contributed by atoms with Crippen molar-refractivity contribution in [2.24, 2.45) is 5.73 Å². The van der Waals surface area contributed by atoms with Crippen LogP contribution in [-0.2, 0) is 6.54 Å². The zero-order chi connectivity index (χ0) is 23.3. The van der Waals surface area contributed by atoms with Crippen molar-refractivity contribution in [3.63, 3.8) is 0 Å². The lowest BCUT2D eigenvalue weighted by atomic mass is 10.1. The lowest BCUT2D eigenvalue weighted by Gasteiger charge is -2.07. The van der Waals surface area contributed by atoms with Gasteiger partial charge in [-0.2, -0.15) is 0 Å². The molecule has 170 valence electrons. The molecule has 0 aliphatic heterocycles. The number of ether oxygens (including phenoxy) is 1. The molecule has 34 heavy (non-hydrogen) atoms. The highest BCUT2D eigenvalue weighted by atomic mass is 16.5. The summed E-state index contributed by atoms with van der Waals surface area (Å²) in [7, 11) is 0. The minimum absolute atomic E-state index is 0.381. The Hall–Kier alpha value is -4.44. The molecule has 5 aromatic rings. The van der Waals surface area contributed by atoms with Crippen molar-refractivity contribution in [1.29, 1.82) is 0 Å². The number of nitrogens with two attached hydrogens (primary N) is 1. The number of pyridine rings is 1. The predicted molar refractivity (Wildman–Crippen MR) is 129 cm³/mol. The van der Waals surface area contributed by atoms with Crippen molar-refractivity contribution in [3.05, 3.63) is 72.7 Å². The van der Waals surface area contributed by atoms with Crippen molar-refractivity contribution in [2.75, 3.05) is 18.5 Å². The van der Waals surface area contributed by atoms with E-state index in [2.05, 4.69) is 35.2 Å². The summed E-state index contributed by atoms with van der Waals surface area (Å²) in [5.74, 6) is 1.90. The van der Waals surface area contributed by atoms with Gasteiger partial charge in [-0.3, -0.25) is 4.98 Å². The fourth-order valence-corrected chi connectivity index (χ4v) is 3.53. The highest BCUT2D eigenvalue weighted by molar-refractivity contribution is 5.85. The quantitative estimate of drug-likeness (QED) is 0.323. The lowest BCUT2D eigenvalue weighted by Crippen LogP contribution is -2.11. The average Bonchev–Trinajstić information content (AvgIpc) is 3.31. The maximum atomic E-state index is 5.55. The maximum absolute atomic E-state index is 5.55. The molecule has 4 aromatic heterocycles. The lowest BCUT2D eigenvalue weighted by molar-refractivity contribution is 0.315. The normalized spacial score (nSPS) is 11.0. The van der Waals surface area contributed by atoms with Gasteiger partial charge in [-0.15, -0.1) is 0 Å². The number of imidazole rings is 1. The van der Waals surface area contributed by atoms with E-state index in [1.165, 1.54) is 6.33 Å². The number of hydrogen-bond donors (Lipinski definition) is 3. The Morgan fingerprint density at radius 2 is 1.97 bits per heavy atom. The third kappa shape index (κ3) is 4.66. The Morgan fingerprint density at radius 3 is 2.79 bits per heavy atom. The number of aromatic amines is 1. The van der Waals surface area contributed by atoms with E-state index in [9.17, 15) is 0 Å². The Labute approximate surface area is 195 Å². The summed E-state index contributed by atoms with van der Waals surface area (Å²) < 4.78 is 5.55. The van der Waals surface area contributed by atoms with E-state index >= 15 is 0 Å². The van der Waals surface area contributed by atoms with E-state index in [-0.39, 0.29) is 0 Å². The van der Waals surface area contributed by atoms with E-state index < -0.39 is 0 Å². The first-order chi connectivity index (χ1) is 16.7. The number of nitrogens with one attached hydrogen (secondary N) is 2. The van der Waals surface area contributed by atoms with Crippen LogP contribution in [0.15, 0.2) is 61.2 Å². The van der Waals surface area contributed by atoms with Crippen molar-refractivity contribution in [1.82, 2.24) is 34.9 Å². The van der Waals surface area contributed by atoms with E-state index in [0.717, 1.165) is 39.7 Å². The van der Waals surface area contributed by atoms with Gasteiger partial charge in [0.2, 0.25) is 5.88 Å². The van der Waals surface area contributed by atoms with E-state index in [1.807, 2.05) is 43.3 Å². The van der Waals surface area contributed by atoms with Crippen LogP contribution in [-0.4, -0.2) is 48.0 Å². The van der Waals surface area contributed by atoms with Gasteiger partial charge in [0.1, 0.15) is 30.3 Å². The molecule has 0 spiro atoms. The number of aryl methyl sites for hydroxylation is 1. The van der Waals surface area contributed by atoms with Crippen LogP contribution in [0.5, 0.6) is 5.88 Å². The number of anilines is 1. The molecular weight excluding hydrogens is 430 g/mol. The molecule has 0 atom stereocenters. The molecule has 1 aromatic carbocycles. The molecule has 4 N–H and O–H groups in total. The van der Waals surface area contributed by atoms with Gasteiger partial charge in [-0.1, -0.05) is 12.1 Å². The van der Waals surface area contributed by atoms with Crippen molar-refractivity contribution in [3.8, 4) is 28.5 Å². The predicted octanol–water partition coefficient (Wildman–Crippen LogP) is 3.13. The number of rotatable bonds is 8. The van der Waals surface area contributed by atoms with Crippen LogP contribution in [0.4, 0.5) is 5.82 Å². The second-order valence-electron chi connectivity index (χ2n) is 7.57. The van der Waals surface area contributed by atoms with Gasteiger partial charge in [0.25, 0.3) is 0 Å². The number of fused-ring (bicyclic) bond motifs is 1. The molecule has 0 saturated carbocycles. The molecule has 0 unspecified atom stereocenters. The molecule has 0 amide bonds. The summed E-state index contributed by atoms with van der Waals surface area (Å²) in [5, 5.41) is 3.26. The minimum Gasteiger partial charge on any atom is -0.475 e. The zero-order valence-electron chi connectivity index (χ0n) is 18.6. The Morgan fingerprint density at radius 1 is 1.03 bits per heavy atom. The summed E-state index contributed by atoms with van der Waals surface area (Å²) >= 11 is 0. The SMILES string of the molecule is Cc1cccc(-c2nc(CNc3ccncn3)[nH]c2-c2ccc3ncc(OCCN)nc3c2)n1. The van der Waals surface area contributed by atoms with Crippen molar-refractivity contribution < 1.29 is 4.74 Å². The van der Waals surface area contributed by atoms with E-state index in [1.54, 1.807) is 18.5 Å². The van der Waals surface area contributed by atoms with Gasteiger partial charge >= 0.3 is 0 Å². The summed E-state index contributed by atoms with van der Waals surface area (Å²) in [6, 6.07) is 13.6. The second kappa shape index (κ2) is 9.59. The third-order valence-corrected chi connectivity index (χ3v) is 5.08. The molecule has 10 nitrogen and oxygen atoms in total. The van der Waals surface area contributed by atoms with Crippen molar-refractivity contribution >= 4 is 16.9 Å². The first kappa shape index (κ1) is 21.4. The summed E-state index contributed by atoms with van der Waals surface area (Å²) in [5.41, 5.74) is 11.2. The Kier molecular flexibility index (Phi) is 6.04. The summed E-state index contributed by atoms with van der Waals surface area (Å²) in [4.78, 5) is 30.2. The Balaban J connectivity index is 1.54. The van der Waals surface area contributed by atoms with Crippen molar-refractivity contribution in [2.45, 2.75) is 13.5 Å². The van der Waals surface area contributed by atoms with Crippen LogP contribution >= 0.6 is 0 Å². The first-order valence-electron chi connectivity index (χ1n) is 10.8. The number of nitrogens with zero attached hydrogens (tertiary/aromatic N) is 6. The third-order valence-electron chi connectivity index (χ3n) is 5.08. The molecule has 5 rings (SSSR count). The largest absolute Gasteiger partial charge is 0.475 e. The molecule has 0 bridgehead atoms. The average molecular weight is 454 g/mol. The van der Waals surface area contributed by atoms with Crippen LogP contribution in [0.3, 0.4) is 0 Å². The molecule has 10 heteroatoms. The van der Waals surface area contributed by atoms with Crippen LogP contribution in [0, 0.1) is 6.92 Å². The number of hydrogen-bond acceptors (Lipinski definition) is 9. The number of aromatic nitrogens is 7. The maximum Gasteiger partial charge on any atom is 0.232 e. The molecule has 0 fully saturated rings. The van der Waals surface area contributed by atoms with Crippen LogP contribution in [0.1, 0.15) is 11.5 Å². The van der Waals surface area contributed by atoms with Gasteiger partial charge in [0.15, 0.2) is 0 Å². The number of H-pyrrole nitrogens is 1. The fraction of sp³-hybridized carbons (Fsp3) is 0.167. The van der Waals surface area contributed by atoms with E-state index in [4.69, 9.17) is 15.5 Å². The van der Waals surface area contributed by atoms with Gasteiger partial charge in [-0.25, -0.2) is 24.9 Å². The van der Waals surface area contributed by atoms with Gasteiger partial charge < -0.3 is 20.8 Å². The Bertz CT molecular complexity index is 1420.